The zero-order valence-corrected chi connectivity index (χ0v) is 17.7. The molecule has 11 nitrogen and oxygen atoms in total. The van der Waals surface area contributed by atoms with Crippen LogP contribution in [0.2, 0.25) is 0 Å². The average Bonchev–Trinajstić information content (AvgIpc) is 3.25. The highest BCUT2D eigenvalue weighted by Crippen LogP contribution is 2.30. The molecule has 0 amide bonds. The number of aromatic nitrogens is 6. The van der Waals surface area contributed by atoms with Crippen LogP contribution in [0.3, 0.4) is 0 Å². The Bertz CT molecular complexity index is 1020. The molecule has 4 N–H and O–H groups in total. The minimum atomic E-state index is 0.223. The van der Waals surface area contributed by atoms with Crippen LogP contribution in [0.15, 0.2) is 18.7 Å². The van der Waals surface area contributed by atoms with Gasteiger partial charge in [0, 0.05) is 56.7 Å². The minimum absolute atomic E-state index is 0.223. The first-order valence-corrected chi connectivity index (χ1v) is 10.8. The van der Waals surface area contributed by atoms with Crippen LogP contribution in [0.1, 0.15) is 19.4 Å². The topological polar surface area (TPSA) is 132 Å². The van der Waals surface area contributed by atoms with E-state index in [9.17, 15) is 0 Å². The molecule has 5 rings (SSSR count). The molecule has 0 aliphatic carbocycles. The van der Waals surface area contributed by atoms with E-state index in [1.807, 2.05) is 6.33 Å². The Kier molecular flexibility index (Phi) is 5.62. The molecule has 5 heterocycles. The lowest BCUT2D eigenvalue weighted by molar-refractivity contribution is 0.122. The summed E-state index contributed by atoms with van der Waals surface area (Å²) < 4.78 is 7.70. The normalized spacial score (nSPS) is 20.8. The monoisotopic (exact) mass is 424 g/mol. The third-order valence-corrected chi connectivity index (χ3v) is 5.96. The van der Waals surface area contributed by atoms with Gasteiger partial charge in [0.2, 0.25) is 11.9 Å². The molecule has 0 spiro atoms. The summed E-state index contributed by atoms with van der Waals surface area (Å²) >= 11 is 0. The van der Waals surface area contributed by atoms with Crippen LogP contribution in [0, 0.1) is 0 Å². The zero-order chi connectivity index (χ0) is 21.2. The summed E-state index contributed by atoms with van der Waals surface area (Å²) in [6, 6.07) is 0.530. The van der Waals surface area contributed by atoms with Crippen LogP contribution in [0.4, 0.5) is 11.9 Å². The highest BCUT2D eigenvalue weighted by atomic mass is 16.5. The van der Waals surface area contributed by atoms with Crippen molar-refractivity contribution >= 4 is 23.1 Å². The molecule has 0 radical (unpaired) electrons. The summed E-state index contributed by atoms with van der Waals surface area (Å²) in [7, 11) is 0. The molecule has 2 unspecified atom stereocenters. The van der Waals surface area contributed by atoms with Crippen molar-refractivity contribution in [3.05, 3.63) is 18.7 Å². The standard InChI is InChI=1S/C20H28N10O/c1-2-15(14-11-22-3-4-23-14)30-12-26-17-16(13-9-24-19(21)25-10-13)27-20(28-18(17)30)29-5-7-31-8-6-29/h9-10,12,14-15,22-23H,2-8,11H2,1H3,(H2,21,24,25). The van der Waals surface area contributed by atoms with E-state index < -0.39 is 0 Å². The predicted octanol–water partition coefficient (Wildman–Crippen LogP) is 0.215. The molecule has 0 saturated carbocycles. The predicted molar refractivity (Wildman–Crippen MR) is 118 cm³/mol. The molecule has 3 aromatic heterocycles. The van der Waals surface area contributed by atoms with Crippen LogP contribution in [0.5, 0.6) is 0 Å². The lowest BCUT2D eigenvalue weighted by atomic mass is 10.0. The Morgan fingerprint density at radius 2 is 1.97 bits per heavy atom. The smallest absolute Gasteiger partial charge is 0.228 e. The van der Waals surface area contributed by atoms with Gasteiger partial charge in [-0.1, -0.05) is 6.92 Å². The molecule has 2 aliphatic rings. The second-order valence-corrected chi connectivity index (χ2v) is 7.87. The van der Waals surface area contributed by atoms with Gasteiger partial charge in [-0.25, -0.2) is 19.9 Å². The third-order valence-electron chi connectivity index (χ3n) is 5.96. The molecule has 3 aromatic rings. The van der Waals surface area contributed by atoms with Crippen molar-refractivity contribution in [2.75, 3.05) is 56.6 Å². The van der Waals surface area contributed by atoms with Crippen molar-refractivity contribution in [1.82, 2.24) is 40.1 Å². The first-order valence-electron chi connectivity index (χ1n) is 10.8. The van der Waals surface area contributed by atoms with E-state index in [2.05, 4.69) is 37.0 Å². The molecule has 2 aliphatic heterocycles. The highest BCUT2D eigenvalue weighted by molar-refractivity contribution is 5.88. The van der Waals surface area contributed by atoms with Gasteiger partial charge in [-0.05, 0) is 6.42 Å². The maximum atomic E-state index is 5.70. The SMILES string of the molecule is CCC(C1CNCCN1)n1cnc2c(-c3cnc(N)nc3)nc(N3CCOCC3)nc21. The Hall–Kier alpha value is -2.89. The van der Waals surface area contributed by atoms with Crippen LogP contribution < -0.4 is 21.3 Å². The van der Waals surface area contributed by atoms with Crippen molar-refractivity contribution in [2.45, 2.75) is 25.4 Å². The van der Waals surface area contributed by atoms with Crippen molar-refractivity contribution in [2.24, 2.45) is 0 Å². The van der Waals surface area contributed by atoms with E-state index in [-0.39, 0.29) is 12.0 Å². The molecule has 0 aromatic carbocycles. The van der Waals surface area contributed by atoms with Gasteiger partial charge in [0.1, 0.15) is 11.2 Å². The number of rotatable bonds is 5. The van der Waals surface area contributed by atoms with Crippen molar-refractivity contribution in [1.29, 1.82) is 0 Å². The molecule has 2 saturated heterocycles. The average molecular weight is 425 g/mol. The third kappa shape index (κ3) is 3.91. The Morgan fingerprint density at radius 3 is 2.68 bits per heavy atom. The molecule has 0 bridgehead atoms. The van der Waals surface area contributed by atoms with E-state index in [0.717, 1.165) is 61.6 Å². The highest BCUT2D eigenvalue weighted by Gasteiger charge is 2.27. The summed E-state index contributed by atoms with van der Waals surface area (Å²) in [4.78, 5) is 25.0. The summed E-state index contributed by atoms with van der Waals surface area (Å²) in [6.45, 7) is 7.89. The number of piperazine rings is 1. The second-order valence-electron chi connectivity index (χ2n) is 7.87. The van der Waals surface area contributed by atoms with E-state index >= 15 is 0 Å². The number of nitrogens with one attached hydrogen (secondary N) is 2. The van der Waals surface area contributed by atoms with E-state index in [1.54, 1.807) is 12.4 Å². The first-order chi connectivity index (χ1) is 15.2. The Morgan fingerprint density at radius 1 is 1.16 bits per heavy atom. The largest absolute Gasteiger partial charge is 0.378 e. The molecular formula is C20H28N10O. The number of ether oxygens (including phenoxy) is 1. The molecule has 31 heavy (non-hydrogen) atoms. The van der Waals surface area contributed by atoms with Gasteiger partial charge < -0.3 is 30.6 Å². The summed E-state index contributed by atoms with van der Waals surface area (Å²) in [5.41, 5.74) is 8.75. The number of fused-ring (bicyclic) bond motifs is 1. The zero-order valence-electron chi connectivity index (χ0n) is 17.7. The van der Waals surface area contributed by atoms with Gasteiger partial charge in [-0.3, -0.25) is 0 Å². The van der Waals surface area contributed by atoms with Crippen molar-refractivity contribution in [3.63, 3.8) is 0 Å². The summed E-state index contributed by atoms with van der Waals surface area (Å²) in [5.74, 6) is 0.906. The summed E-state index contributed by atoms with van der Waals surface area (Å²) in [6.07, 6.45) is 6.23. The number of hydrogen-bond acceptors (Lipinski definition) is 10. The number of hydrogen-bond donors (Lipinski definition) is 3. The lowest BCUT2D eigenvalue weighted by Crippen LogP contribution is -2.52. The number of anilines is 2. The number of nitrogens with zero attached hydrogens (tertiary/aromatic N) is 7. The van der Waals surface area contributed by atoms with E-state index in [1.165, 1.54) is 0 Å². The maximum absolute atomic E-state index is 5.70. The molecular weight excluding hydrogens is 396 g/mol. The maximum Gasteiger partial charge on any atom is 0.228 e. The van der Waals surface area contributed by atoms with Gasteiger partial charge >= 0.3 is 0 Å². The second kappa shape index (κ2) is 8.69. The molecule has 164 valence electrons. The van der Waals surface area contributed by atoms with Gasteiger partial charge in [0.15, 0.2) is 5.65 Å². The molecule has 11 heteroatoms. The van der Waals surface area contributed by atoms with Crippen LogP contribution >= 0.6 is 0 Å². The van der Waals surface area contributed by atoms with Gasteiger partial charge in [0.05, 0.1) is 25.6 Å². The number of morpholine rings is 1. The number of nitrogens with two attached hydrogens (primary N) is 1. The van der Waals surface area contributed by atoms with Crippen molar-refractivity contribution in [3.8, 4) is 11.3 Å². The summed E-state index contributed by atoms with van der Waals surface area (Å²) in [5, 5.41) is 7.12. The first kappa shape index (κ1) is 20.0. The number of nitrogen functional groups attached to an aromatic ring is 1. The van der Waals surface area contributed by atoms with E-state index in [4.69, 9.17) is 25.4 Å². The van der Waals surface area contributed by atoms with E-state index in [0.29, 0.717) is 25.2 Å². The quantitative estimate of drug-likeness (QED) is 0.522. The van der Waals surface area contributed by atoms with Crippen molar-refractivity contribution < 1.29 is 4.74 Å². The molecule has 2 atom stereocenters. The van der Waals surface area contributed by atoms with Gasteiger partial charge in [-0.2, -0.15) is 4.98 Å². The fourth-order valence-corrected chi connectivity index (χ4v) is 4.34. The van der Waals surface area contributed by atoms with Crippen LogP contribution in [-0.2, 0) is 4.74 Å². The van der Waals surface area contributed by atoms with Crippen LogP contribution in [0.25, 0.3) is 22.4 Å². The number of imidazole rings is 1. The minimum Gasteiger partial charge on any atom is -0.378 e. The fraction of sp³-hybridized carbons (Fsp3) is 0.550. The fourth-order valence-electron chi connectivity index (χ4n) is 4.34. The van der Waals surface area contributed by atoms with Gasteiger partial charge in [-0.15, -0.1) is 0 Å². The Balaban J connectivity index is 1.64. The molecule has 2 fully saturated rings. The van der Waals surface area contributed by atoms with Crippen LogP contribution in [-0.4, -0.2) is 81.5 Å². The van der Waals surface area contributed by atoms with Gasteiger partial charge in [0.25, 0.3) is 0 Å². The lowest BCUT2D eigenvalue weighted by Gasteiger charge is -2.32. The Labute approximate surface area is 180 Å².